The molecule has 0 radical (unpaired) electrons. The Kier molecular flexibility index (Phi) is 5.11. The van der Waals surface area contributed by atoms with Crippen molar-refractivity contribution in [3.63, 3.8) is 0 Å². The molecule has 1 aliphatic heterocycles. The Hall–Kier alpha value is -1.86. The summed E-state index contributed by atoms with van der Waals surface area (Å²) >= 11 is 5.84. The summed E-state index contributed by atoms with van der Waals surface area (Å²) in [6, 6.07) is 4.22. The molecule has 0 spiro atoms. The number of nitro benzene ring substituents is 1. The number of hydrogen-bond donors (Lipinski definition) is 1. The van der Waals surface area contributed by atoms with Crippen LogP contribution in [-0.4, -0.2) is 41.2 Å². The van der Waals surface area contributed by atoms with Crippen molar-refractivity contribution < 1.29 is 14.5 Å². The number of nitrogens with zero attached hydrogens (tertiary/aromatic N) is 2. The molecule has 1 unspecified atom stereocenters. The van der Waals surface area contributed by atoms with Gasteiger partial charge in [0.1, 0.15) is 5.60 Å². The van der Waals surface area contributed by atoms with Crippen LogP contribution in [-0.2, 0) is 4.74 Å². The Bertz CT molecular complexity index is 615. The number of nitrogens with one attached hydrogen (secondary N) is 1. The first kappa shape index (κ1) is 17.5. The van der Waals surface area contributed by atoms with Gasteiger partial charge in [0.05, 0.1) is 11.0 Å². The predicted octanol–water partition coefficient (Wildman–Crippen LogP) is 3.13. The molecule has 126 valence electrons. The van der Waals surface area contributed by atoms with Gasteiger partial charge in [0.15, 0.2) is 0 Å². The number of carbonyl (C=O) groups excluding carboxylic acids is 1. The Morgan fingerprint density at radius 3 is 2.78 bits per heavy atom. The Morgan fingerprint density at radius 1 is 1.48 bits per heavy atom. The van der Waals surface area contributed by atoms with E-state index in [1.807, 2.05) is 0 Å². The minimum Gasteiger partial charge on any atom is -0.444 e. The second kappa shape index (κ2) is 6.72. The topological polar surface area (TPSA) is 84.7 Å². The minimum absolute atomic E-state index is 0.0546. The van der Waals surface area contributed by atoms with Crippen molar-refractivity contribution >= 4 is 23.4 Å². The van der Waals surface area contributed by atoms with E-state index in [1.54, 1.807) is 37.8 Å². The molecule has 1 amide bonds. The number of rotatable bonds is 2. The summed E-state index contributed by atoms with van der Waals surface area (Å²) in [6.07, 6.45) is -0.416. The van der Waals surface area contributed by atoms with Crippen LogP contribution in [0.25, 0.3) is 0 Å². The lowest BCUT2D eigenvalue weighted by atomic mass is 10.0. The van der Waals surface area contributed by atoms with Crippen molar-refractivity contribution in [1.82, 2.24) is 10.2 Å². The van der Waals surface area contributed by atoms with Crippen LogP contribution in [0, 0.1) is 10.1 Å². The highest BCUT2D eigenvalue weighted by Crippen LogP contribution is 2.30. The van der Waals surface area contributed by atoms with Gasteiger partial charge in [-0.1, -0.05) is 11.6 Å². The monoisotopic (exact) mass is 341 g/mol. The van der Waals surface area contributed by atoms with Crippen LogP contribution in [0.4, 0.5) is 10.5 Å². The van der Waals surface area contributed by atoms with E-state index in [0.717, 1.165) is 0 Å². The first-order valence-corrected chi connectivity index (χ1v) is 7.70. The molecule has 0 aromatic heterocycles. The van der Waals surface area contributed by atoms with Gasteiger partial charge in [0, 0.05) is 36.3 Å². The third-order valence-electron chi connectivity index (χ3n) is 3.39. The maximum atomic E-state index is 12.2. The van der Waals surface area contributed by atoms with Gasteiger partial charge in [0.2, 0.25) is 0 Å². The molecule has 1 aromatic carbocycles. The number of halogens is 1. The normalized spacial score (nSPS) is 18.6. The van der Waals surface area contributed by atoms with Crippen molar-refractivity contribution in [2.45, 2.75) is 32.4 Å². The molecule has 0 bridgehead atoms. The SMILES string of the molecule is CC(C)(C)OC(=O)N1CCNC(c2ccc(Cl)cc2[N+](=O)[O-])C1. The highest BCUT2D eigenvalue weighted by atomic mass is 35.5. The number of ether oxygens (including phenoxy) is 1. The molecule has 8 heteroatoms. The molecule has 0 aliphatic carbocycles. The molecule has 0 saturated carbocycles. The van der Waals surface area contributed by atoms with Crippen LogP contribution in [0.15, 0.2) is 18.2 Å². The van der Waals surface area contributed by atoms with Gasteiger partial charge in [-0.25, -0.2) is 4.79 Å². The zero-order valence-corrected chi connectivity index (χ0v) is 14.1. The summed E-state index contributed by atoms with van der Waals surface area (Å²) < 4.78 is 5.36. The van der Waals surface area contributed by atoms with Gasteiger partial charge >= 0.3 is 6.09 Å². The highest BCUT2D eigenvalue weighted by Gasteiger charge is 2.31. The van der Waals surface area contributed by atoms with E-state index >= 15 is 0 Å². The van der Waals surface area contributed by atoms with Crippen molar-refractivity contribution in [3.8, 4) is 0 Å². The molecule has 2 rings (SSSR count). The fourth-order valence-corrected chi connectivity index (χ4v) is 2.59. The average molecular weight is 342 g/mol. The number of benzene rings is 1. The quantitative estimate of drug-likeness (QED) is 0.660. The minimum atomic E-state index is -0.580. The van der Waals surface area contributed by atoms with Crippen molar-refractivity contribution in [2.24, 2.45) is 0 Å². The Labute approximate surface area is 139 Å². The zero-order chi connectivity index (χ0) is 17.2. The lowest BCUT2D eigenvalue weighted by Crippen LogP contribution is -2.49. The van der Waals surface area contributed by atoms with Gasteiger partial charge in [-0.15, -0.1) is 0 Å². The van der Waals surface area contributed by atoms with Crippen molar-refractivity contribution in [1.29, 1.82) is 0 Å². The van der Waals surface area contributed by atoms with E-state index in [2.05, 4.69) is 5.32 Å². The standard InChI is InChI=1S/C15H20ClN3O4/c1-15(2,3)23-14(20)18-7-6-17-12(9-18)11-5-4-10(16)8-13(11)19(21)22/h4-5,8,12,17H,6-7,9H2,1-3H3. The molecule has 1 heterocycles. The van der Waals surface area contributed by atoms with Crippen molar-refractivity contribution in [2.75, 3.05) is 19.6 Å². The summed E-state index contributed by atoms with van der Waals surface area (Å²) in [7, 11) is 0. The third kappa shape index (κ3) is 4.56. The van der Waals surface area contributed by atoms with Crippen LogP contribution >= 0.6 is 11.6 Å². The molecule has 1 atom stereocenters. The van der Waals surface area contributed by atoms with Crippen LogP contribution in [0.5, 0.6) is 0 Å². The molecule has 23 heavy (non-hydrogen) atoms. The Morgan fingerprint density at radius 2 is 2.17 bits per heavy atom. The van der Waals surface area contributed by atoms with Crippen LogP contribution in [0.2, 0.25) is 5.02 Å². The summed E-state index contributed by atoms with van der Waals surface area (Å²) in [5.74, 6) is 0. The van der Waals surface area contributed by atoms with E-state index in [0.29, 0.717) is 30.2 Å². The van der Waals surface area contributed by atoms with Gasteiger partial charge in [-0.3, -0.25) is 10.1 Å². The molecule has 1 saturated heterocycles. The number of piperazine rings is 1. The number of amides is 1. The van der Waals surface area contributed by atoms with E-state index in [4.69, 9.17) is 16.3 Å². The maximum Gasteiger partial charge on any atom is 0.410 e. The largest absolute Gasteiger partial charge is 0.444 e. The van der Waals surface area contributed by atoms with Gasteiger partial charge in [0.25, 0.3) is 5.69 Å². The summed E-state index contributed by atoms with van der Waals surface area (Å²) in [4.78, 5) is 24.5. The lowest BCUT2D eigenvalue weighted by molar-refractivity contribution is -0.385. The zero-order valence-electron chi connectivity index (χ0n) is 13.3. The van der Waals surface area contributed by atoms with E-state index in [1.165, 1.54) is 6.07 Å². The maximum absolute atomic E-state index is 12.2. The number of nitro groups is 1. The second-order valence-electron chi connectivity index (χ2n) is 6.39. The highest BCUT2D eigenvalue weighted by molar-refractivity contribution is 6.30. The Balaban J connectivity index is 2.19. The predicted molar refractivity (Wildman–Crippen MR) is 86.7 cm³/mol. The molecule has 1 aromatic rings. The number of hydrogen-bond acceptors (Lipinski definition) is 5. The number of carbonyl (C=O) groups is 1. The van der Waals surface area contributed by atoms with Gasteiger partial charge < -0.3 is 15.0 Å². The average Bonchev–Trinajstić information content (AvgIpc) is 2.45. The van der Waals surface area contributed by atoms with Gasteiger partial charge in [-0.05, 0) is 32.9 Å². The van der Waals surface area contributed by atoms with Gasteiger partial charge in [-0.2, -0.15) is 0 Å². The second-order valence-corrected chi connectivity index (χ2v) is 6.83. The fourth-order valence-electron chi connectivity index (χ4n) is 2.42. The summed E-state index contributed by atoms with van der Waals surface area (Å²) in [5.41, 5.74) is -0.127. The molecular formula is C15H20ClN3O4. The van der Waals surface area contributed by atoms with E-state index in [9.17, 15) is 14.9 Å². The van der Waals surface area contributed by atoms with Crippen molar-refractivity contribution in [3.05, 3.63) is 38.9 Å². The van der Waals surface area contributed by atoms with Crippen LogP contribution in [0.3, 0.4) is 0 Å². The third-order valence-corrected chi connectivity index (χ3v) is 3.63. The van der Waals surface area contributed by atoms with E-state index < -0.39 is 16.6 Å². The first-order chi connectivity index (χ1) is 10.7. The van der Waals surface area contributed by atoms with E-state index in [-0.39, 0.29) is 11.7 Å². The van der Waals surface area contributed by atoms with Crippen LogP contribution in [0.1, 0.15) is 32.4 Å². The van der Waals surface area contributed by atoms with Crippen LogP contribution < -0.4 is 5.32 Å². The molecule has 1 aliphatic rings. The molecule has 1 N–H and O–H groups in total. The molecular weight excluding hydrogens is 322 g/mol. The smallest absolute Gasteiger partial charge is 0.410 e. The first-order valence-electron chi connectivity index (χ1n) is 7.32. The summed E-state index contributed by atoms with van der Waals surface area (Å²) in [5, 5.41) is 14.7. The fraction of sp³-hybridized carbons (Fsp3) is 0.533. The summed E-state index contributed by atoms with van der Waals surface area (Å²) in [6.45, 7) is 6.73. The molecule has 1 fully saturated rings. The molecule has 7 nitrogen and oxygen atoms in total. The lowest BCUT2D eigenvalue weighted by Gasteiger charge is -2.34.